The first-order chi connectivity index (χ1) is 16.2. The van der Waals surface area contributed by atoms with Crippen LogP contribution in [0, 0.1) is 0 Å². The molecule has 2 aromatic carbocycles. The quantitative estimate of drug-likeness (QED) is 0.262. The van der Waals surface area contributed by atoms with Crippen molar-refractivity contribution >= 4 is 41.5 Å². The first-order valence-corrected chi connectivity index (χ1v) is 11.9. The topological polar surface area (TPSA) is 78.0 Å². The third kappa shape index (κ3) is 6.63. The standard InChI is InChI=1S/C26H35N5O2.HI/c1-27-26(28-17-20-16-25(32)30-23-9-5-4-8-22(20)23)29-18-24(31-14-6-3-7-15-31)19-10-12-21(33-2)13-11-19;/h4-5,8-13,20,24H,3,6-7,14-18H2,1-2H3,(H,30,32)(H2,27,28,29);1H. The number of anilines is 1. The number of guanidine groups is 1. The molecule has 0 aliphatic carbocycles. The lowest BCUT2D eigenvalue weighted by Crippen LogP contribution is -2.45. The fraction of sp³-hybridized carbons (Fsp3) is 0.462. The second-order valence-corrected chi connectivity index (χ2v) is 8.76. The van der Waals surface area contributed by atoms with Crippen molar-refractivity contribution in [3.05, 3.63) is 59.7 Å². The van der Waals surface area contributed by atoms with Gasteiger partial charge in [0.05, 0.1) is 13.2 Å². The van der Waals surface area contributed by atoms with Gasteiger partial charge in [-0.3, -0.25) is 14.7 Å². The molecule has 3 N–H and O–H groups in total. The number of halogens is 1. The highest BCUT2D eigenvalue weighted by Crippen LogP contribution is 2.31. The van der Waals surface area contributed by atoms with E-state index in [1.54, 1.807) is 14.2 Å². The summed E-state index contributed by atoms with van der Waals surface area (Å²) >= 11 is 0. The van der Waals surface area contributed by atoms with Crippen molar-refractivity contribution in [3.63, 3.8) is 0 Å². The van der Waals surface area contributed by atoms with Crippen LogP contribution < -0.4 is 20.7 Å². The Morgan fingerprint density at radius 1 is 1.12 bits per heavy atom. The summed E-state index contributed by atoms with van der Waals surface area (Å²) < 4.78 is 5.35. The minimum absolute atomic E-state index is 0. The lowest BCUT2D eigenvalue weighted by Gasteiger charge is -2.35. The maximum Gasteiger partial charge on any atom is 0.225 e. The molecule has 2 aromatic rings. The number of nitrogens with zero attached hydrogens (tertiary/aromatic N) is 2. The molecule has 4 rings (SSSR count). The van der Waals surface area contributed by atoms with Crippen LogP contribution in [0.4, 0.5) is 5.69 Å². The van der Waals surface area contributed by atoms with E-state index in [1.165, 1.54) is 30.4 Å². The van der Waals surface area contributed by atoms with Gasteiger partial charge in [-0.2, -0.15) is 0 Å². The molecule has 7 nitrogen and oxygen atoms in total. The number of benzene rings is 2. The number of aliphatic imine (C=N–C) groups is 1. The second kappa shape index (κ2) is 12.9. The van der Waals surface area contributed by atoms with E-state index in [-0.39, 0.29) is 41.8 Å². The van der Waals surface area contributed by atoms with Crippen molar-refractivity contribution in [1.29, 1.82) is 0 Å². The van der Waals surface area contributed by atoms with Crippen LogP contribution in [-0.4, -0.2) is 57.1 Å². The van der Waals surface area contributed by atoms with Gasteiger partial charge in [0.2, 0.25) is 5.91 Å². The first kappa shape index (κ1) is 26.3. The minimum atomic E-state index is 0. The van der Waals surface area contributed by atoms with E-state index in [0.29, 0.717) is 13.0 Å². The average molecular weight is 578 g/mol. The smallest absolute Gasteiger partial charge is 0.225 e. The third-order valence-electron chi connectivity index (χ3n) is 6.64. The van der Waals surface area contributed by atoms with Crippen LogP contribution in [0.25, 0.3) is 0 Å². The largest absolute Gasteiger partial charge is 0.497 e. The van der Waals surface area contributed by atoms with Crippen molar-refractivity contribution in [1.82, 2.24) is 15.5 Å². The molecule has 2 unspecified atom stereocenters. The van der Waals surface area contributed by atoms with Crippen molar-refractivity contribution in [2.24, 2.45) is 4.99 Å². The summed E-state index contributed by atoms with van der Waals surface area (Å²) in [5, 5.41) is 9.95. The molecule has 2 aliphatic heterocycles. The van der Waals surface area contributed by atoms with Crippen molar-refractivity contribution < 1.29 is 9.53 Å². The van der Waals surface area contributed by atoms with Gasteiger partial charge in [-0.15, -0.1) is 24.0 Å². The Morgan fingerprint density at radius 3 is 2.56 bits per heavy atom. The Labute approximate surface area is 219 Å². The molecule has 0 saturated carbocycles. The number of amides is 1. The predicted molar refractivity (Wildman–Crippen MR) is 148 cm³/mol. The highest BCUT2D eigenvalue weighted by molar-refractivity contribution is 14.0. The van der Waals surface area contributed by atoms with Gasteiger partial charge in [0.1, 0.15) is 5.75 Å². The lowest BCUT2D eigenvalue weighted by molar-refractivity contribution is -0.116. The molecule has 2 heterocycles. The molecule has 34 heavy (non-hydrogen) atoms. The van der Waals surface area contributed by atoms with E-state index in [0.717, 1.165) is 37.0 Å². The van der Waals surface area contributed by atoms with Crippen molar-refractivity contribution in [2.75, 3.05) is 45.7 Å². The monoisotopic (exact) mass is 577 g/mol. The molecule has 8 heteroatoms. The molecule has 0 spiro atoms. The van der Waals surface area contributed by atoms with Crippen molar-refractivity contribution in [3.8, 4) is 5.75 Å². The van der Waals surface area contributed by atoms with Crippen molar-refractivity contribution in [2.45, 2.75) is 37.6 Å². The van der Waals surface area contributed by atoms with Crippen LogP contribution >= 0.6 is 24.0 Å². The summed E-state index contributed by atoms with van der Waals surface area (Å²) in [7, 11) is 3.49. The Hall–Kier alpha value is -2.33. The number of hydrogen-bond donors (Lipinski definition) is 3. The van der Waals surface area contributed by atoms with Crippen LogP contribution in [-0.2, 0) is 4.79 Å². The van der Waals surface area contributed by atoms with Gasteiger partial charge in [-0.25, -0.2) is 0 Å². The first-order valence-electron chi connectivity index (χ1n) is 11.9. The molecule has 1 fully saturated rings. The molecule has 0 aromatic heterocycles. The van der Waals surface area contributed by atoms with E-state index in [1.807, 2.05) is 30.3 Å². The molecule has 0 radical (unpaired) electrons. The summed E-state index contributed by atoms with van der Waals surface area (Å²) in [4.78, 5) is 19.1. The van der Waals surface area contributed by atoms with E-state index in [2.05, 4.69) is 44.0 Å². The molecular weight excluding hydrogens is 541 g/mol. The Bertz CT molecular complexity index is 960. The van der Waals surface area contributed by atoms with Gasteiger partial charge in [-0.05, 0) is 55.3 Å². The highest BCUT2D eigenvalue weighted by Gasteiger charge is 2.26. The number of carbonyl (C=O) groups is 1. The molecule has 1 amide bonds. The molecule has 0 bridgehead atoms. The summed E-state index contributed by atoms with van der Waals surface area (Å²) in [6.45, 7) is 3.63. The second-order valence-electron chi connectivity index (χ2n) is 8.76. The summed E-state index contributed by atoms with van der Waals surface area (Å²) in [6.07, 6.45) is 4.26. The summed E-state index contributed by atoms with van der Waals surface area (Å²) in [5.74, 6) is 1.81. The maximum atomic E-state index is 12.1. The maximum absolute atomic E-state index is 12.1. The van der Waals surface area contributed by atoms with Crippen LogP contribution in [0.5, 0.6) is 5.75 Å². The van der Waals surface area contributed by atoms with Crippen LogP contribution in [0.3, 0.4) is 0 Å². The number of fused-ring (bicyclic) bond motifs is 1. The zero-order valence-electron chi connectivity index (χ0n) is 20.0. The van der Waals surface area contributed by atoms with Gasteiger partial charge >= 0.3 is 0 Å². The zero-order chi connectivity index (χ0) is 23.0. The number of methoxy groups -OCH3 is 1. The van der Waals surface area contributed by atoms with Crippen LogP contribution in [0.15, 0.2) is 53.5 Å². The third-order valence-corrected chi connectivity index (χ3v) is 6.64. The summed E-state index contributed by atoms with van der Waals surface area (Å²) in [6, 6.07) is 16.7. The van der Waals surface area contributed by atoms with E-state index < -0.39 is 0 Å². The number of carbonyl (C=O) groups excluding carboxylic acids is 1. The Morgan fingerprint density at radius 2 is 1.85 bits per heavy atom. The number of para-hydroxylation sites is 1. The van der Waals surface area contributed by atoms with Gasteiger partial charge in [0.25, 0.3) is 0 Å². The SMILES string of the molecule is CN=C(NCC1CC(=O)Nc2ccccc21)NCC(c1ccc(OC)cc1)N1CCCCC1.I. The number of ether oxygens (including phenoxy) is 1. The predicted octanol–water partition coefficient (Wildman–Crippen LogP) is 4.13. The Kier molecular flexibility index (Phi) is 10.0. The van der Waals surface area contributed by atoms with Gasteiger partial charge < -0.3 is 20.7 Å². The number of piperidine rings is 1. The lowest BCUT2D eigenvalue weighted by atomic mass is 9.90. The number of rotatable bonds is 7. The van der Waals surface area contributed by atoms with E-state index in [9.17, 15) is 4.79 Å². The Balaban J connectivity index is 0.00000324. The normalized spacial score (nSPS) is 19.3. The molecule has 1 saturated heterocycles. The average Bonchev–Trinajstić information content (AvgIpc) is 2.86. The molecule has 2 atom stereocenters. The minimum Gasteiger partial charge on any atom is -0.497 e. The molecule has 2 aliphatic rings. The van der Waals surface area contributed by atoms with Gasteiger partial charge in [0.15, 0.2) is 5.96 Å². The van der Waals surface area contributed by atoms with Gasteiger partial charge in [0, 0.05) is 38.2 Å². The molecule has 184 valence electrons. The van der Waals surface area contributed by atoms with E-state index >= 15 is 0 Å². The fourth-order valence-electron chi connectivity index (χ4n) is 4.83. The molecular formula is C26H36IN5O2. The highest BCUT2D eigenvalue weighted by atomic mass is 127. The number of hydrogen-bond acceptors (Lipinski definition) is 4. The van der Waals surface area contributed by atoms with Crippen LogP contribution in [0.1, 0.15) is 48.8 Å². The fourth-order valence-corrected chi connectivity index (χ4v) is 4.83. The number of likely N-dealkylation sites (tertiary alicyclic amines) is 1. The number of nitrogens with one attached hydrogen (secondary N) is 3. The van der Waals surface area contributed by atoms with E-state index in [4.69, 9.17) is 4.74 Å². The van der Waals surface area contributed by atoms with Gasteiger partial charge in [-0.1, -0.05) is 36.8 Å². The van der Waals surface area contributed by atoms with Crippen LogP contribution in [0.2, 0.25) is 0 Å². The zero-order valence-corrected chi connectivity index (χ0v) is 22.4. The summed E-state index contributed by atoms with van der Waals surface area (Å²) in [5.41, 5.74) is 3.36.